The first-order valence-electron chi connectivity index (χ1n) is 5.99. The van der Waals surface area contributed by atoms with Crippen LogP contribution in [0.5, 0.6) is 0 Å². The molecular weight excluding hydrogens is 294 g/mol. The van der Waals surface area contributed by atoms with Crippen LogP contribution in [0.25, 0.3) is 11.3 Å². The summed E-state index contributed by atoms with van der Waals surface area (Å²) >= 11 is 2.85. The van der Waals surface area contributed by atoms with E-state index in [4.69, 9.17) is 5.73 Å². The zero-order chi connectivity index (χ0) is 14.9. The van der Waals surface area contributed by atoms with Gasteiger partial charge in [0.1, 0.15) is 10.8 Å². The van der Waals surface area contributed by atoms with E-state index in [0.29, 0.717) is 5.82 Å². The topological polar surface area (TPSA) is 75.3 Å². The van der Waals surface area contributed by atoms with Crippen LogP contribution < -0.4 is 10.6 Å². The number of rotatable bonds is 4. The molecule has 20 heavy (non-hydrogen) atoms. The SMILES string of the molecule is Cc1nc(-c2c(N)nsc2N(C)CC(=O)N(C)C)cs1. The molecule has 2 rings (SSSR count). The van der Waals surface area contributed by atoms with Crippen molar-refractivity contribution in [2.75, 3.05) is 38.3 Å². The Morgan fingerprint density at radius 3 is 2.65 bits per heavy atom. The van der Waals surface area contributed by atoms with E-state index in [-0.39, 0.29) is 12.5 Å². The highest BCUT2D eigenvalue weighted by Gasteiger charge is 2.20. The second-order valence-corrected chi connectivity index (χ2v) is 6.46. The van der Waals surface area contributed by atoms with E-state index in [2.05, 4.69) is 9.36 Å². The Morgan fingerprint density at radius 2 is 2.10 bits per heavy atom. The smallest absolute Gasteiger partial charge is 0.241 e. The predicted molar refractivity (Wildman–Crippen MR) is 84.3 cm³/mol. The minimum Gasteiger partial charge on any atom is -0.382 e. The molecule has 0 spiro atoms. The number of aromatic nitrogens is 2. The van der Waals surface area contributed by atoms with Crippen LogP contribution in [0.4, 0.5) is 10.8 Å². The van der Waals surface area contributed by atoms with Crippen molar-refractivity contribution in [3.8, 4) is 11.3 Å². The monoisotopic (exact) mass is 311 g/mol. The normalized spacial score (nSPS) is 10.6. The van der Waals surface area contributed by atoms with E-state index < -0.39 is 0 Å². The summed E-state index contributed by atoms with van der Waals surface area (Å²) in [7, 11) is 5.33. The third-order valence-corrected chi connectivity index (χ3v) is 4.54. The van der Waals surface area contributed by atoms with Gasteiger partial charge in [-0.2, -0.15) is 4.37 Å². The maximum Gasteiger partial charge on any atom is 0.241 e. The number of likely N-dealkylation sites (N-methyl/N-ethyl adjacent to an activating group) is 2. The van der Waals surface area contributed by atoms with Gasteiger partial charge in [0.05, 0.1) is 22.8 Å². The number of amides is 1. The third-order valence-electron chi connectivity index (χ3n) is 2.79. The average molecular weight is 311 g/mol. The van der Waals surface area contributed by atoms with Crippen LogP contribution in [0, 0.1) is 6.92 Å². The van der Waals surface area contributed by atoms with Crippen molar-refractivity contribution in [1.82, 2.24) is 14.3 Å². The molecule has 0 aromatic carbocycles. The summed E-state index contributed by atoms with van der Waals surface area (Å²) in [6.45, 7) is 2.23. The summed E-state index contributed by atoms with van der Waals surface area (Å²) in [6, 6.07) is 0. The first-order chi connectivity index (χ1) is 9.40. The average Bonchev–Trinajstić information content (AvgIpc) is 2.94. The molecule has 8 heteroatoms. The van der Waals surface area contributed by atoms with E-state index in [0.717, 1.165) is 21.3 Å². The van der Waals surface area contributed by atoms with Gasteiger partial charge in [0, 0.05) is 26.5 Å². The lowest BCUT2D eigenvalue weighted by atomic mass is 10.2. The van der Waals surface area contributed by atoms with Crippen molar-refractivity contribution in [2.24, 2.45) is 0 Å². The van der Waals surface area contributed by atoms with Crippen molar-refractivity contribution in [3.63, 3.8) is 0 Å². The van der Waals surface area contributed by atoms with E-state index in [9.17, 15) is 4.79 Å². The molecule has 2 N–H and O–H groups in total. The molecule has 2 aromatic heterocycles. The molecule has 0 saturated heterocycles. The number of nitrogens with two attached hydrogens (primary N) is 1. The quantitative estimate of drug-likeness (QED) is 0.930. The Morgan fingerprint density at radius 1 is 1.40 bits per heavy atom. The number of hydrogen-bond acceptors (Lipinski definition) is 7. The molecule has 1 amide bonds. The highest BCUT2D eigenvalue weighted by atomic mass is 32.1. The van der Waals surface area contributed by atoms with Crippen LogP contribution in [-0.4, -0.2) is 47.9 Å². The zero-order valence-corrected chi connectivity index (χ0v) is 13.5. The summed E-state index contributed by atoms with van der Waals surface area (Å²) in [5, 5.41) is 3.80. The molecule has 0 aliphatic heterocycles. The Balaban J connectivity index is 2.31. The largest absolute Gasteiger partial charge is 0.382 e. The van der Waals surface area contributed by atoms with E-state index >= 15 is 0 Å². The van der Waals surface area contributed by atoms with Crippen LogP contribution in [0.3, 0.4) is 0 Å². The number of carbonyl (C=O) groups is 1. The van der Waals surface area contributed by atoms with Gasteiger partial charge in [0.15, 0.2) is 0 Å². The molecule has 0 unspecified atom stereocenters. The number of nitrogens with zero attached hydrogens (tertiary/aromatic N) is 4. The zero-order valence-electron chi connectivity index (χ0n) is 11.9. The highest BCUT2D eigenvalue weighted by molar-refractivity contribution is 7.11. The molecule has 0 aliphatic rings. The molecule has 0 aliphatic carbocycles. The lowest BCUT2D eigenvalue weighted by molar-refractivity contribution is -0.127. The maximum atomic E-state index is 11.8. The summed E-state index contributed by atoms with van der Waals surface area (Å²) in [5.41, 5.74) is 7.58. The fraction of sp³-hybridized carbons (Fsp3) is 0.417. The van der Waals surface area contributed by atoms with Gasteiger partial charge >= 0.3 is 0 Å². The van der Waals surface area contributed by atoms with E-state index in [1.165, 1.54) is 11.5 Å². The molecular formula is C12H17N5OS2. The first kappa shape index (κ1) is 14.7. The number of anilines is 2. The van der Waals surface area contributed by atoms with Gasteiger partial charge in [0.2, 0.25) is 5.91 Å². The highest BCUT2D eigenvalue weighted by Crippen LogP contribution is 2.38. The van der Waals surface area contributed by atoms with Gasteiger partial charge in [0.25, 0.3) is 0 Å². The molecule has 0 fully saturated rings. The summed E-state index contributed by atoms with van der Waals surface area (Å²) in [5.74, 6) is 0.485. The van der Waals surface area contributed by atoms with Gasteiger partial charge in [-0.1, -0.05) is 0 Å². The van der Waals surface area contributed by atoms with Gasteiger partial charge in [-0.05, 0) is 18.5 Å². The van der Waals surface area contributed by atoms with Crippen molar-refractivity contribution < 1.29 is 4.79 Å². The van der Waals surface area contributed by atoms with Crippen LogP contribution >= 0.6 is 22.9 Å². The molecule has 0 atom stereocenters. The minimum atomic E-state index is 0.0277. The number of carbonyl (C=O) groups excluding carboxylic acids is 1. The lowest BCUT2D eigenvalue weighted by Crippen LogP contribution is -2.34. The molecule has 108 valence electrons. The van der Waals surface area contributed by atoms with Crippen LogP contribution in [0.15, 0.2) is 5.38 Å². The fourth-order valence-electron chi connectivity index (χ4n) is 1.69. The predicted octanol–water partition coefficient (Wildman–Crippen LogP) is 1.68. The van der Waals surface area contributed by atoms with Crippen LogP contribution in [0.1, 0.15) is 5.01 Å². The molecule has 6 nitrogen and oxygen atoms in total. The Hall–Kier alpha value is -1.67. The minimum absolute atomic E-state index is 0.0277. The number of aryl methyl sites for hydroxylation is 1. The molecule has 2 aromatic rings. The standard InChI is InChI=1S/C12H17N5OS2/c1-7-14-8(6-19-7)10-11(13)15-20-12(10)17(4)5-9(18)16(2)3/h6H,5H2,1-4H3,(H2,13,15). The molecule has 2 heterocycles. The number of thiazole rings is 1. The lowest BCUT2D eigenvalue weighted by Gasteiger charge is -2.20. The Bertz CT molecular complexity index is 619. The van der Waals surface area contributed by atoms with Crippen LogP contribution in [-0.2, 0) is 4.79 Å². The summed E-state index contributed by atoms with van der Waals surface area (Å²) in [6.07, 6.45) is 0. The van der Waals surface area contributed by atoms with Gasteiger partial charge in [-0.25, -0.2) is 4.98 Å². The first-order valence-corrected chi connectivity index (χ1v) is 7.64. The third kappa shape index (κ3) is 2.91. The number of nitrogen functional groups attached to an aromatic ring is 1. The van der Waals surface area contributed by atoms with Crippen molar-refractivity contribution >= 4 is 39.6 Å². The van der Waals surface area contributed by atoms with Gasteiger partial charge in [-0.15, -0.1) is 11.3 Å². The second-order valence-electron chi connectivity index (χ2n) is 4.64. The van der Waals surface area contributed by atoms with Crippen LogP contribution in [0.2, 0.25) is 0 Å². The van der Waals surface area contributed by atoms with Gasteiger partial charge < -0.3 is 15.5 Å². The van der Waals surface area contributed by atoms with Crippen molar-refractivity contribution in [3.05, 3.63) is 10.4 Å². The van der Waals surface area contributed by atoms with Crippen molar-refractivity contribution in [1.29, 1.82) is 0 Å². The van der Waals surface area contributed by atoms with E-state index in [1.807, 2.05) is 24.3 Å². The Kier molecular flexibility index (Phi) is 4.24. The van der Waals surface area contributed by atoms with Crippen molar-refractivity contribution in [2.45, 2.75) is 6.92 Å². The fourth-order valence-corrected chi connectivity index (χ4v) is 3.07. The molecule has 0 radical (unpaired) electrons. The maximum absolute atomic E-state index is 11.8. The summed E-state index contributed by atoms with van der Waals surface area (Å²) in [4.78, 5) is 19.7. The van der Waals surface area contributed by atoms with Gasteiger partial charge in [-0.3, -0.25) is 4.79 Å². The molecule has 0 bridgehead atoms. The molecule has 0 saturated carbocycles. The summed E-state index contributed by atoms with van der Waals surface area (Å²) < 4.78 is 4.19. The number of hydrogen-bond donors (Lipinski definition) is 1. The Labute approximate surface area is 126 Å². The van der Waals surface area contributed by atoms with E-state index in [1.54, 1.807) is 30.3 Å². The second kappa shape index (κ2) is 5.76.